The third-order valence-electron chi connectivity index (χ3n) is 13.1. The average Bonchev–Trinajstić information content (AvgIpc) is 4.18. The van der Waals surface area contributed by atoms with Crippen LogP contribution in [0.15, 0.2) is 200 Å². The van der Waals surface area contributed by atoms with Gasteiger partial charge in [-0.2, -0.15) is 0 Å². The fraction of sp³-hybridized carbons (Fsp3) is 0. The molecule has 0 radical (unpaired) electrons. The summed E-state index contributed by atoms with van der Waals surface area (Å²) in [5.74, 6) is 0.573. The molecule has 6 heterocycles. The summed E-state index contributed by atoms with van der Waals surface area (Å²) in [6, 6.07) is 63.2. The van der Waals surface area contributed by atoms with Crippen molar-refractivity contribution in [3.05, 3.63) is 182 Å². The second-order valence-electron chi connectivity index (χ2n) is 16.8. The number of benzene rings is 9. The van der Waals surface area contributed by atoms with Crippen LogP contribution in [-0.2, 0) is 0 Å². The molecule has 0 aliphatic carbocycles. The van der Waals surface area contributed by atoms with Gasteiger partial charge in [-0.15, -0.1) is 11.3 Å². The normalized spacial score (nSPS) is 12.3. The molecule has 0 saturated heterocycles. The number of furan rings is 4. The van der Waals surface area contributed by atoms with Crippen LogP contribution in [0.25, 0.3) is 153 Å². The molecule has 0 fully saturated rings. The fourth-order valence-electron chi connectivity index (χ4n) is 10.1. The summed E-state index contributed by atoms with van der Waals surface area (Å²) in [4.78, 5) is 10.9. The molecular formula is C58H30N2O4S. The molecular weight excluding hydrogens is 821 g/mol. The highest BCUT2D eigenvalue weighted by Gasteiger charge is 2.24. The smallest absolute Gasteiger partial charge is 0.180 e. The fourth-order valence-corrected chi connectivity index (χ4v) is 11.2. The van der Waals surface area contributed by atoms with Crippen molar-refractivity contribution in [3.8, 4) is 44.9 Å². The van der Waals surface area contributed by atoms with Gasteiger partial charge >= 0.3 is 0 Å². The Balaban J connectivity index is 0.961. The van der Waals surface area contributed by atoms with E-state index >= 15 is 0 Å². The molecule has 0 aliphatic rings. The Morgan fingerprint density at radius 3 is 1.69 bits per heavy atom. The zero-order valence-corrected chi connectivity index (χ0v) is 35.1. The van der Waals surface area contributed by atoms with E-state index < -0.39 is 0 Å². The molecule has 0 spiro atoms. The first-order valence-corrected chi connectivity index (χ1v) is 22.4. The predicted octanol–water partition coefficient (Wildman–Crippen LogP) is 17.1. The highest BCUT2D eigenvalue weighted by molar-refractivity contribution is 7.25. The van der Waals surface area contributed by atoms with Gasteiger partial charge in [0.2, 0.25) is 0 Å². The van der Waals surface area contributed by atoms with Crippen LogP contribution in [0, 0.1) is 0 Å². The zero-order chi connectivity index (χ0) is 42.3. The molecule has 15 aromatic rings. The van der Waals surface area contributed by atoms with Crippen molar-refractivity contribution in [1.29, 1.82) is 0 Å². The first-order valence-electron chi connectivity index (χ1n) is 21.6. The lowest BCUT2D eigenvalue weighted by Gasteiger charge is -2.09. The minimum Gasteiger partial charge on any atom is -0.456 e. The largest absolute Gasteiger partial charge is 0.456 e. The maximum absolute atomic E-state index is 6.95. The molecule has 6 nitrogen and oxygen atoms in total. The molecule has 0 amide bonds. The van der Waals surface area contributed by atoms with E-state index in [0.717, 1.165) is 116 Å². The van der Waals surface area contributed by atoms with E-state index in [2.05, 4.69) is 127 Å². The van der Waals surface area contributed by atoms with Crippen LogP contribution in [0.2, 0.25) is 0 Å². The Kier molecular flexibility index (Phi) is 7.01. The summed E-state index contributed by atoms with van der Waals surface area (Å²) in [6.07, 6.45) is 0. The van der Waals surface area contributed by atoms with Crippen molar-refractivity contribution in [3.63, 3.8) is 0 Å². The molecule has 6 aromatic heterocycles. The SMILES string of the molecule is c1ccc2c(c1)oc1ccc(-c3ccc4oc5cccc(-c6nc(-c7cccc8oc9ccccc9c78)c7oc8cc(-c9ccc%10sc%11ccccc%11c%10c9)ccc8c7n6)c5c4c3)cc12. The van der Waals surface area contributed by atoms with Gasteiger partial charge < -0.3 is 17.7 Å². The number of nitrogens with zero attached hydrogens (tertiary/aromatic N) is 2. The molecule has 0 N–H and O–H groups in total. The number of rotatable bonds is 4. The standard InChI is InChI=1S/C58H30N2O4S/c1-4-14-44-35(9-1)41-27-31(20-24-46(41)61-44)32-21-25-47-43(29-32)54-40(13-8-17-49(54)63-47)58-59-55-38-23-19-34(33-22-26-52-42(28-33)36-10-3-6-18-51(36)65-52)30-50(38)64-57(55)56(60-58)39-12-7-16-48-53(39)37-11-2-5-15-45(37)62-48/h1-30H. The topological polar surface area (TPSA) is 78.3 Å². The van der Waals surface area contributed by atoms with E-state index in [0.29, 0.717) is 17.1 Å². The maximum Gasteiger partial charge on any atom is 0.180 e. The van der Waals surface area contributed by atoms with Crippen LogP contribution in [0.4, 0.5) is 0 Å². The Hall–Kier alpha value is -8.52. The number of thiophene rings is 1. The van der Waals surface area contributed by atoms with Crippen molar-refractivity contribution in [2.24, 2.45) is 0 Å². The van der Waals surface area contributed by atoms with Crippen LogP contribution < -0.4 is 0 Å². The molecule has 7 heteroatoms. The van der Waals surface area contributed by atoms with E-state index in [9.17, 15) is 0 Å². The minimum atomic E-state index is 0.573. The molecule has 302 valence electrons. The van der Waals surface area contributed by atoms with Gasteiger partial charge in [-0.25, -0.2) is 9.97 Å². The lowest BCUT2D eigenvalue weighted by atomic mass is 9.99. The van der Waals surface area contributed by atoms with Crippen molar-refractivity contribution in [2.45, 2.75) is 0 Å². The summed E-state index contributed by atoms with van der Waals surface area (Å²) in [5.41, 5.74) is 13.8. The van der Waals surface area contributed by atoms with Crippen LogP contribution >= 0.6 is 11.3 Å². The summed E-state index contributed by atoms with van der Waals surface area (Å²) in [5, 5.41) is 9.54. The van der Waals surface area contributed by atoms with Gasteiger partial charge in [-0.05, 0) is 101 Å². The van der Waals surface area contributed by atoms with E-state index in [4.69, 9.17) is 27.6 Å². The summed E-state index contributed by atoms with van der Waals surface area (Å²) in [6.45, 7) is 0. The number of hydrogen-bond acceptors (Lipinski definition) is 7. The van der Waals surface area contributed by atoms with Gasteiger partial charge in [-0.1, -0.05) is 103 Å². The van der Waals surface area contributed by atoms with Gasteiger partial charge in [0.15, 0.2) is 11.4 Å². The molecule has 0 bridgehead atoms. The molecule has 9 aromatic carbocycles. The number of aromatic nitrogens is 2. The van der Waals surface area contributed by atoms with Crippen molar-refractivity contribution in [2.75, 3.05) is 0 Å². The molecule has 0 unspecified atom stereocenters. The summed E-state index contributed by atoms with van der Waals surface area (Å²) < 4.78 is 28.7. The molecule has 0 saturated carbocycles. The summed E-state index contributed by atoms with van der Waals surface area (Å²) in [7, 11) is 0. The highest BCUT2D eigenvalue weighted by Crippen LogP contribution is 2.45. The number of hydrogen-bond donors (Lipinski definition) is 0. The lowest BCUT2D eigenvalue weighted by Crippen LogP contribution is -1.95. The Morgan fingerprint density at radius 2 is 0.877 bits per heavy atom. The van der Waals surface area contributed by atoms with E-state index in [1.807, 2.05) is 65.9 Å². The van der Waals surface area contributed by atoms with Crippen LogP contribution in [0.5, 0.6) is 0 Å². The Bertz CT molecular complexity index is 4500. The van der Waals surface area contributed by atoms with Crippen LogP contribution in [0.1, 0.15) is 0 Å². The van der Waals surface area contributed by atoms with Gasteiger partial charge in [0, 0.05) is 69.0 Å². The van der Waals surface area contributed by atoms with Crippen molar-refractivity contribution in [1.82, 2.24) is 9.97 Å². The Labute approximate surface area is 372 Å². The van der Waals surface area contributed by atoms with Crippen molar-refractivity contribution < 1.29 is 17.7 Å². The lowest BCUT2D eigenvalue weighted by molar-refractivity contribution is 0.667. The molecule has 65 heavy (non-hydrogen) atoms. The van der Waals surface area contributed by atoms with E-state index in [-0.39, 0.29) is 0 Å². The highest BCUT2D eigenvalue weighted by atomic mass is 32.1. The van der Waals surface area contributed by atoms with E-state index in [1.165, 1.54) is 20.2 Å². The minimum absolute atomic E-state index is 0.573. The third-order valence-corrected chi connectivity index (χ3v) is 14.3. The van der Waals surface area contributed by atoms with E-state index in [1.54, 1.807) is 0 Å². The quantitative estimate of drug-likeness (QED) is 0.175. The van der Waals surface area contributed by atoms with Crippen LogP contribution in [0.3, 0.4) is 0 Å². The second-order valence-corrected chi connectivity index (χ2v) is 17.9. The summed E-state index contributed by atoms with van der Waals surface area (Å²) >= 11 is 1.82. The van der Waals surface area contributed by atoms with Gasteiger partial charge in [0.05, 0.1) is 0 Å². The average molecular weight is 851 g/mol. The van der Waals surface area contributed by atoms with Gasteiger partial charge in [0.1, 0.15) is 50.3 Å². The number of fused-ring (bicyclic) bond motifs is 15. The van der Waals surface area contributed by atoms with Gasteiger partial charge in [0.25, 0.3) is 0 Å². The first kappa shape index (κ1) is 35.0. The Morgan fingerprint density at radius 1 is 0.323 bits per heavy atom. The third kappa shape index (κ3) is 5.09. The number of para-hydroxylation sites is 2. The second kappa shape index (κ2) is 13.0. The first-order chi connectivity index (χ1) is 32.2. The molecule has 0 atom stereocenters. The zero-order valence-electron chi connectivity index (χ0n) is 34.3. The van der Waals surface area contributed by atoms with Crippen LogP contribution in [-0.4, -0.2) is 9.97 Å². The monoisotopic (exact) mass is 850 g/mol. The predicted molar refractivity (Wildman–Crippen MR) is 266 cm³/mol. The molecule has 0 aliphatic heterocycles. The molecule has 15 rings (SSSR count). The van der Waals surface area contributed by atoms with Gasteiger partial charge in [-0.3, -0.25) is 0 Å². The van der Waals surface area contributed by atoms with Crippen molar-refractivity contribution >= 4 is 119 Å². The maximum atomic E-state index is 6.95.